The Labute approximate surface area is 168 Å². The lowest BCUT2D eigenvalue weighted by atomic mass is 9.98. The summed E-state index contributed by atoms with van der Waals surface area (Å²) in [6, 6.07) is 9.23. The molecule has 1 aromatic rings. The molecule has 1 saturated heterocycles. The summed E-state index contributed by atoms with van der Waals surface area (Å²) < 4.78 is 0. The maximum atomic E-state index is 12.4. The van der Waals surface area contributed by atoms with E-state index in [1.165, 1.54) is 29.8 Å². The normalized spacial score (nSPS) is 23.5. The number of rotatable bonds is 6. The fourth-order valence-electron chi connectivity index (χ4n) is 4.11. The van der Waals surface area contributed by atoms with Crippen LogP contribution in [0.3, 0.4) is 0 Å². The first-order valence-electron chi connectivity index (χ1n) is 10.4. The zero-order valence-electron chi connectivity index (χ0n) is 17.3. The van der Waals surface area contributed by atoms with E-state index in [0.29, 0.717) is 31.5 Å². The van der Waals surface area contributed by atoms with Crippen LogP contribution in [0.1, 0.15) is 57.1 Å². The molecule has 2 aliphatic heterocycles. The molecule has 1 aromatic carbocycles. The van der Waals surface area contributed by atoms with Crippen LogP contribution in [0, 0.1) is 6.92 Å². The molecule has 2 heterocycles. The minimum absolute atomic E-state index is 0.0146. The van der Waals surface area contributed by atoms with Gasteiger partial charge in [-0.15, -0.1) is 0 Å². The molecule has 2 amide bonds. The van der Waals surface area contributed by atoms with Crippen molar-refractivity contribution in [1.29, 1.82) is 0 Å². The Morgan fingerprint density at radius 3 is 2.50 bits per heavy atom. The summed E-state index contributed by atoms with van der Waals surface area (Å²) in [7, 11) is 0. The van der Waals surface area contributed by atoms with Crippen molar-refractivity contribution < 1.29 is 9.59 Å². The molecule has 28 heavy (non-hydrogen) atoms. The van der Waals surface area contributed by atoms with E-state index in [-0.39, 0.29) is 18.4 Å². The summed E-state index contributed by atoms with van der Waals surface area (Å²) in [5.41, 5.74) is 3.06. The van der Waals surface area contributed by atoms with Gasteiger partial charge >= 0.3 is 0 Å². The van der Waals surface area contributed by atoms with Crippen molar-refractivity contribution in [2.45, 2.75) is 65.0 Å². The van der Waals surface area contributed by atoms with E-state index in [1.54, 1.807) is 0 Å². The van der Waals surface area contributed by atoms with E-state index in [0.717, 1.165) is 17.8 Å². The SMILES string of the molecule is Cc1ccc(C2=NN(CC(=O)NCCN3[C@H](C)CCC[C@H]3C)C(=O)CC2)cc1. The highest BCUT2D eigenvalue weighted by atomic mass is 16.2. The van der Waals surface area contributed by atoms with Gasteiger partial charge in [0, 0.05) is 38.0 Å². The van der Waals surface area contributed by atoms with Crippen LogP contribution < -0.4 is 5.32 Å². The van der Waals surface area contributed by atoms with Gasteiger partial charge < -0.3 is 5.32 Å². The Balaban J connectivity index is 1.52. The monoisotopic (exact) mass is 384 g/mol. The van der Waals surface area contributed by atoms with E-state index >= 15 is 0 Å². The maximum Gasteiger partial charge on any atom is 0.243 e. The van der Waals surface area contributed by atoms with Crippen LogP contribution >= 0.6 is 0 Å². The van der Waals surface area contributed by atoms with Crippen LogP contribution in [0.4, 0.5) is 0 Å². The fourth-order valence-corrected chi connectivity index (χ4v) is 4.11. The molecule has 0 aliphatic carbocycles. The molecular formula is C22H32N4O2. The molecule has 0 radical (unpaired) electrons. The molecule has 6 heteroatoms. The smallest absolute Gasteiger partial charge is 0.243 e. The van der Waals surface area contributed by atoms with Gasteiger partial charge in [0.1, 0.15) is 6.54 Å². The topological polar surface area (TPSA) is 65.0 Å². The van der Waals surface area contributed by atoms with E-state index < -0.39 is 0 Å². The number of nitrogens with one attached hydrogen (secondary N) is 1. The molecule has 1 N–H and O–H groups in total. The number of nitrogens with zero attached hydrogens (tertiary/aromatic N) is 3. The van der Waals surface area contributed by atoms with Gasteiger partial charge in [0.05, 0.1) is 5.71 Å². The third-order valence-corrected chi connectivity index (χ3v) is 5.85. The van der Waals surface area contributed by atoms with Gasteiger partial charge in [0.15, 0.2) is 0 Å². The van der Waals surface area contributed by atoms with Crippen molar-refractivity contribution in [1.82, 2.24) is 15.2 Å². The van der Waals surface area contributed by atoms with Crippen molar-refractivity contribution in [3.8, 4) is 0 Å². The standard InChI is InChI=1S/C22H32N4O2/c1-16-7-9-19(10-8-16)20-11-12-22(28)26(24-20)15-21(27)23-13-14-25-17(2)5-4-6-18(25)3/h7-10,17-18H,4-6,11-15H2,1-3H3,(H,23,27)/t17-,18-/m1/s1. The average Bonchev–Trinajstić information content (AvgIpc) is 2.66. The Bertz CT molecular complexity index is 719. The molecule has 6 nitrogen and oxygen atoms in total. The molecule has 3 rings (SSSR count). The predicted molar refractivity (Wildman–Crippen MR) is 111 cm³/mol. The second-order valence-electron chi connectivity index (χ2n) is 8.08. The number of likely N-dealkylation sites (tertiary alicyclic amines) is 1. The number of carbonyl (C=O) groups excluding carboxylic acids is 2. The van der Waals surface area contributed by atoms with E-state index in [9.17, 15) is 9.59 Å². The van der Waals surface area contributed by atoms with E-state index in [4.69, 9.17) is 0 Å². The van der Waals surface area contributed by atoms with Crippen LogP contribution in [-0.4, -0.2) is 59.2 Å². The number of hydrogen-bond donors (Lipinski definition) is 1. The van der Waals surface area contributed by atoms with Gasteiger partial charge in [-0.25, -0.2) is 5.01 Å². The highest BCUT2D eigenvalue weighted by Crippen LogP contribution is 2.21. The largest absolute Gasteiger partial charge is 0.353 e. The van der Waals surface area contributed by atoms with Crippen LogP contribution in [0.15, 0.2) is 29.4 Å². The summed E-state index contributed by atoms with van der Waals surface area (Å²) in [5.74, 6) is -0.246. The minimum Gasteiger partial charge on any atom is -0.353 e. The van der Waals surface area contributed by atoms with Crippen LogP contribution in [0.5, 0.6) is 0 Å². The molecule has 152 valence electrons. The summed E-state index contributed by atoms with van der Waals surface area (Å²) in [6.07, 6.45) is 4.73. The van der Waals surface area contributed by atoms with E-state index in [1.807, 2.05) is 31.2 Å². The Hall–Kier alpha value is -2.21. The minimum atomic E-state index is -0.153. The number of aryl methyl sites for hydroxylation is 1. The lowest BCUT2D eigenvalue weighted by Gasteiger charge is -2.39. The molecule has 0 unspecified atom stereocenters. The predicted octanol–water partition coefficient (Wildman–Crippen LogP) is 2.70. The van der Waals surface area contributed by atoms with Crippen LogP contribution in [0.2, 0.25) is 0 Å². The molecule has 2 aliphatic rings. The first-order valence-corrected chi connectivity index (χ1v) is 10.4. The van der Waals surface area contributed by atoms with Crippen molar-refractivity contribution in [2.75, 3.05) is 19.6 Å². The third-order valence-electron chi connectivity index (χ3n) is 5.85. The molecular weight excluding hydrogens is 352 g/mol. The highest BCUT2D eigenvalue weighted by molar-refractivity contribution is 6.04. The molecule has 0 bridgehead atoms. The molecule has 0 spiro atoms. The summed E-state index contributed by atoms with van der Waals surface area (Å²) >= 11 is 0. The first-order chi connectivity index (χ1) is 13.4. The van der Waals surface area contributed by atoms with Crippen molar-refractivity contribution in [3.63, 3.8) is 0 Å². The van der Waals surface area contributed by atoms with Gasteiger partial charge in [0.25, 0.3) is 0 Å². The van der Waals surface area contributed by atoms with Gasteiger partial charge in [-0.1, -0.05) is 36.2 Å². The van der Waals surface area contributed by atoms with Crippen LogP contribution in [-0.2, 0) is 9.59 Å². The highest BCUT2D eigenvalue weighted by Gasteiger charge is 2.25. The summed E-state index contributed by atoms with van der Waals surface area (Å²) in [6.45, 7) is 7.98. The maximum absolute atomic E-state index is 12.4. The van der Waals surface area contributed by atoms with Crippen molar-refractivity contribution in [3.05, 3.63) is 35.4 Å². The Kier molecular flexibility index (Phi) is 6.83. The number of amides is 2. The van der Waals surface area contributed by atoms with Gasteiger partial charge in [0.2, 0.25) is 11.8 Å². The number of hydrazone groups is 1. The molecule has 0 aromatic heterocycles. The van der Waals surface area contributed by atoms with E-state index in [2.05, 4.69) is 29.2 Å². The number of benzene rings is 1. The molecule has 1 fully saturated rings. The number of piperidine rings is 1. The van der Waals surface area contributed by atoms with Crippen molar-refractivity contribution >= 4 is 17.5 Å². The number of carbonyl (C=O) groups is 2. The van der Waals surface area contributed by atoms with Crippen molar-refractivity contribution in [2.24, 2.45) is 5.10 Å². The fraction of sp³-hybridized carbons (Fsp3) is 0.591. The lowest BCUT2D eigenvalue weighted by Crippen LogP contribution is -2.48. The second kappa shape index (κ2) is 9.32. The van der Waals surface area contributed by atoms with Gasteiger partial charge in [-0.3, -0.25) is 14.5 Å². The quantitative estimate of drug-likeness (QED) is 0.820. The second-order valence-corrected chi connectivity index (χ2v) is 8.08. The van der Waals surface area contributed by atoms with Gasteiger partial charge in [-0.05, 0) is 39.2 Å². The first kappa shape index (κ1) is 20.5. The summed E-state index contributed by atoms with van der Waals surface area (Å²) in [5, 5.41) is 8.73. The Morgan fingerprint density at radius 2 is 1.82 bits per heavy atom. The zero-order chi connectivity index (χ0) is 20.1. The zero-order valence-corrected chi connectivity index (χ0v) is 17.3. The summed E-state index contributed by atoms with van der Waals surface area (Å²) in [4.78, 5) is 27.0. The average molecular weight is 385 g/mol. The van der Waals surface area contributed by atoms with Gasteiger partial charge in [-0.2, -0.15) is 5.10 Å². The molecule has 0 saturated carbocycles. The molecule has 2 atom stereocenters. The third kappa shape index (κ3) is 5.19. The number of hydrogen-bond acceptors (Lipinski definition) is 4. The Morgan fingerprint density at radius 1 is 1.14 bits per heavy atom. The lowest BCUT2D eigenvalue weighted by molar-refractivity contribution is -0.136. The van der Waals surface area contributed by atoms with Crippen LogP contribution in [0.25, 0.3) is 0 Å².